The summed E-state index contributed by atoms with van der Waals surface area (Å²) in [6, 6.07) is 2.19. The van der Waals surface area contributed by atoms with Crippen molar-refractivity contribution in [2.24, 2.45) is 0 Å². The highest BCUT2D eigenvalue weighted by atomic mass is 32.1. The first-order valence-corrected chi connectivity index (χ1v) is 6.20. The van der Waals surface area contributed by atoms with E-state index in [4.69, 9.17) is 0 Å². The second-order valence-electron chi connectivity index (χ2n) is 3.47. The lowest BCUT2D eigenvalue weighted by Gasteiger charge is -2.02. The molecular formula is C11H15N3S. The van der Waals surface area contributed by atoms with Crippen molar-refractivity contribution in [2.75, 3.05) is 0 Å². The third-order valence-corrected chi connectivity index (χ3v) is 3.07. The molecule has 2 aromatic rings. The van der Waals surface area contributed by atoms with Crippen molar-refractivity contribution in [3.8, 4) is 0 Å². The molecule has 15 heavy (non-hydrogen) atoms. The minimum absolute atomic E-state index is 0.798. The second-order valence-corrected chi connectivity index (χ2v) is 4.19. The van der Waals surface area contributed by atoms with Gasteiger partial charge in [-0.3, -0.25) is 4.68 Å². The Bertz CT molecular complexity index is 417. The molecule has 0 aromatic carbocycles. The summed E-state index contributed by atoms with van der Waals surface area (Å²) < 4.78 is 2.06. The number of aryl methyl sites for hydroxylation is 2. The van der Waals surface area contributed by atoms with E-state index < -0.39 is 0 Å². The maximum Gasteiger partial charge on any atom is 0.0843 e. The minimum atomic E-state index is 0.798. The van der Waals surface area contributed by atoms with Crippen LogP contribution in [0.1, 0.15) is 30.9 Å². The van der Waals surface area contributed by atoms with Crippen molar-refractivity contribution in [3.05, 3.63) is 34.0 Å². The first-order valence-electron chi connectivity index (χ1n) is 5.26. The third kappa shape index (κ3) is 2.26. The van der Waals surface area contributed by atoms with Gasteiger partial charge in [-0.15, -0.1) is 11.3 Å². The number of rotatable bonds is 4. The highest BCUT2D eigenvalue weighted by molar-refractivity contribution is 7.07. The molecule has 0 amide bonds. The van der Waals surface area contributed by atoms with E-state index in [9.17, 15) is 0 Å². The van der Waals surface area contributed by atoms with Crippen molar-refractivity contribution in [2.45, 2.75) is 33.2 Å². The lowest BCUT2D eigenvalue weighted by Crippen LogP contribution is -2.06. The molecule has 0 spiro atoms. The largest absolute Gasteiger partial charge is 0.263 e. The van der Waals surface area contributed by atoms with E-state index in [0.717, 1.165) is 25.1 Å². The fourth-order valence-corrected chi connectivity index (χ4v) is 2.13. The smallest absolute Gasteiger partial charge is 0.0843 e. The van der Waals surface area contributed by atoms with E-state index >= 15 is 0 Å². The minimum Gasteiger partial charge on any atom is -0.263 e. The Hall–Kier alpha value is -1.16. The average Bonchev–Trinajstić information content (AvgIpc) is 2.87. The molecule has 4 heteroatoms. The molecule has 2 rings (SSSR count). The van der Waals surface area contributed by atoms with Gasteiger partial charge in [-0.05, 0) is 18.9 Å². The molecule has 80 valence electrons. The zero-order valence-corrected chi connectivity index (χ0v) is 9.92. The van der Waals surface area contributed by atoms with Crippen LogP contribution < -0.4 is 0 Å². The molecule has 0 saturated heterocycles. The highest BCUT2D eigenvalue weighted by Gasteiger charge is 2.06. The predicted molar refractivity (Wildman–Crippen MR) is 62.2 cm³/mol. The number of aromatic nitrogens is 3. The lowest BCUT2D eigenvalue weighted by molar-refractivity contribution is 0.632. The van der Waals surface area contributed by atoms with E-state index in [0.29, 0.717) is 0 Å². The summed E-state index contributed by atoms with van der Waals surface area (Å²) >= 11 is 1.63. The van der Waals surface area contributed by atoms with Crippen LogP contribution in [0.4, 0.5) is 0 Å². The van der Waals surface area contributed by atoms with Crippen molar-refractivity contribution < 1.29 is 0 Å². The van der Waals surface area contributed by atoms with Gasteiger partial charge in [-0.25, -0.2) is 4.98 Å². The van der Waals surface area contributed by atoms with Gasteiger partial charge < -0.3 is 0 Å². The van der Waals surface area contributed by atoms with E-state index in [2.05, 4.69) is 40.1 Å². The summed E-state index contributed by atoms with van der Waals surface area (Å²) in [7, 11) is 0. The lowest BCUT2D eigenvalue weighted by atomic mass is 10.2. The Kier molecular flexibility index (Phi) is 3.16. The van der Waals surface area contributed by atoms with Crippen molar-refractivity contribution >= 4 is 11.3 Å². The quantitative estimate of drug-likeness (QED) is 0.794. The van der Waals surface area contributed by atoms with Crippen molar-refractivity contribution in [1.82, 2.24) is 14.8 Å². The van der Waals surface area contributed by atoms with E-state index in [-0.39, 0.29) is 0 Å². The Balaban J connectivity index is 2.23. The normalized spacial score (nSPS) is 10.8. The molecular weight excluding hydrogens is 206 g/mol. The van der Waals surface area contributed by atoms with E-state index in [1.54, 1.807) is 11.3 Å². The molecule has 0 aliphatic rings. The third-order valence-electron chi connectivity index (χ3n) is 2.43. The molecule has 3 nitrogen and oxygen atoms in total. The molecule has 0 saturated carbocycles. The Morgan fingerprint density at radius 2 is 2.13 bits per heavy atom. The fourth-order valence-electron chi connectivity index (χ4n) is 1.58. The molecule has 2 aromatic heterocycles. The Labute approximate surface area is 93.8 Å². The van der Waals surface area contributed by atoms with Crippen LogP contribution in [0.5, 0.6) is 0 Å². The van der Waals surface area contributed by atoms with Gasteiger partial charge in [0.25, 0.3) is 0 Å². The van der Waals surface area contributed by atoms with Crippen LogP contribution in [0.2, 0.25) is 0 Å². The molecule has 0 radical (unpaired) electrons. The number of hydrogen-bond acceptors (Lipinski definition) is 3. The van der Waals surface area contributed by atoms with Gasteiger partial charge in [0.1, 0.15) is 0 Å². The summed E-state index contributed by atoms with van der Waals surface area (Å²) in [5.41, 5.74) is 5.42. The van der Waals surface area contributed by atoms with Crippen molar-refractivity contribution in [1.29, 1.82) is 0 Å². The zero-order chi connectivity index (χ0) is 10.7. The maximum absolute atomic E-state index is 4.56. The summed E-state index contributed by atoms with van der Waals surface area (Å²) in [5, 5.41) is 6.63. The van der Waals surface area contributed by atoms with Gasteiger partial charge in [0.15, 0.2) is 0 Å². The number of nitrogens with zero attached hydrogens (tertiary/aromatic N) is 3. The molecule has 0 unspecified atom stereocenters. The van der Waals surface area contributed by atoms with Crippen LogP contribution >= 0.6 is 11.3 Å². The van der Waals surface area contributed by atoms with Crippen LogP contribution in [-0.2, 0) is 19.4 Å². The predicted octanol–water partition coefficient (Wildman–Crippen LogP) is 2.51. The Morgan fingerprint density at radius 1 is 1.27 bits per heavy atom. The van der Waals surface area contributed by atoms with Crippen LogP contribution in [-0.4, -0.2) is 14.8 Å². The van der Waals surface area contributed by atoms with E-state index in [1.165, 1.54) is 11.4 Å². The number of hydrogen-bond donors (Lipinski definition) is 0. The summed E-state index contributed by atoms with van der Waals surface area (Å²) in [4.78, 5) is 4.28. The molecule has 0 N–H and O–H groups in total. The summed E-state index contributed by atoms with van der Waals surface area (Å²) in [6.07, 6.45) is 2.02. The molecule has 2 heterocycles. The molecule has 0 aliphatic heterocycles. The van der Waals surface area contributed by atoms with Gasteiger partial charge in [0.2, 0.25) is 0 Å². The molecule has 0 fully saturated rings. The molecule has 0 aliphatic carbocycles. The zero-order valence-electron chi connectivity index (χ0n) is 9.10. The first kappa shape index (κ1) is 10.4. The van der Waals surface area contributed by atoms with Crippen LogP contribution in [0.3, 0.4) is 0 Å². The first-order chi connectivity index (χ1) is 7.33. The average molecular weight is 221 g/mol. The summed E-state index contributed by atoms with van der Waals surface area (Å²) in [5.74, 6) is 0. The standard InChI is InChI=1S/C11H15N3S/c1-3-9-5-11(4-2)14(13-9)6-10-7-15-8-12-10/h5,7-8H,3-4,6H2,1-2H3. The van der Waals surface area contributed by atoms with Gasteiger partial charge in [-0.2, -0.15) is 5.10 Å². The summed E-state index contributed by atoms with van der Waals surface area (Å²) in [6.45, 7) is 5.09. The van der Waals surface area contributed by atoms with Crippen molar-refractivity contribution in [3.63, 3.8) is 0 Å². The Morgan fingerprint density at radius 3 is 2.73 bits per heavy atom. The molecule has 0 bridgehead atoms. The second kappa shape index (κ2) is 4.57. The van der Waals surface area contributed by atoms with Crippen LogP contribution in [0, 0.1) is 0 Å². The fraction of sp³-hybridized carbons (Fsp3) is 0.455. The highest BCUT2D eigenvalue weighted by Crippen LogP contribution is 2.10. The van der Waals surface area contributed by atoms with Gasteiger partial charge in [-0.1, -0.05) is 13.8 Å². The topological polar surface area (TPSA) is 30.7 Å². The van der Waals surface area contributed by atoms with Gasteiger partial charge in [0.05, 0.1) is 23.4 Å². The van der Waals surface area contributed by atoms with E-state index in [1.807, 2.05) is 5.51 Å². The number of thiazole rings is 1. The van der Waals surface area contributed by atoms with Crippen LogP contribution in [0.25, 0.3) is 0 Å². The SMILES string of the molecule is CCc1cc(CC)n(Cc2cscn2)n1. The van der Waals surface area contributed by atoms with Gasteiger partial charge in [0, 0.05) is 11.1 Å². The monoisotopic (exact) mass is 221 g/mol. The molecule has 0 atom stereocenters. The van der Waals surface area contributed by atoms with Crippen LogP contribution in [0.15, 0.2) is 17.0 Å². The maximum atomic E-state index is 4.56. The van der Waals surface area contributed by atoms with Gasteiger partial charge >= 0.3 is 0 Å².